The van der Waals surface area contributed by atoms with Crippen LogP contribution in [0.3, 0.4) is 0 Å². The molecule has 0 N–H and O–H groups in total. The van der Waals surface area contributed by atoms with E-state index in [0.717, 1.165) is 21.8 Å². The minimum absolute atomic E-state index is 0.514. The van der Waals surface area contributed by atoms with Crippen molar-refractivity contribution in [1.29, 1.82) is 0 Å². The van der Waals surface area contributed by atoms with Crippen LogP contribution in [-0.2, 0) is 0 Å². The third-order valence-corrected chi connectivity index (χ3v) is 5.76. The lowest BCUT2D eigenvalue weighted by atomic mass is 9.90. The van der Waals surface area contributed by atoms with Gasteiger partial charge in [-0.15, -0.1) is 0 Å². The number of hydrogen-bond donors (Lipinski definition) is 0. The molecular weight excluding hydrogens is 330 g/mol. The number of aldehydes is 1. The van der Waals surface area contributed by atoms with E-state index in [-0.39, 0.29) is 0 Å². The van der Waals surface area contributed by atoms with E-state index in [9.17, 15) is 4.79 Å². The molecule has 2 heterocycles. The first-order valence-corrected chi connectivity index (χ1v) is 9.06. The fraction of sp³-hybridized carbons (Fsp3) is 0.353. The highest BCUT2D eigenvalue weighted by Gasteiger charge is 2.23. The summed E-state index contributed by atoms with van der Waals surface area (Å²) in [6.07, 6.45) is 7.08. The van der Waals surface area contributed by atoms with Gasteiger partial charge in [-0.1, -0.05) is 54.3 Å². The molecule has 1 aliphatic rings. The Morgan fingerprint density at radius 2 is 1.91 bits per heavy atom. The van der Waals surface area contributed by atoms with Gasteiger partial charge in [0.2, 0.25) is 4.96 Å². The van der Waals surface area contributed by atoms with E-state index >= 15 is 0 Å². The minimum Gasteiger partial charge on any atom is -0.296 e. The van der Waals surface area contributed by atoms with E-state index in [2.05, 4.69) is 10.1 Å². The first kappa shape index (κ1) is 14.8. The molecule has 6 heteroatoms. The number of imidazole rings is 1. The van der Waals surface area contributed by atoms with Crippen molar-refractivity contribution in [2.75, 3.05) is 0 Å². The van der Waals surface area contributed by atoms with Crippen molar-refractivity contribution in [2.45, 2.75) is 38.0 Å². The van der Waals surface area contributed by atoms with Crippen LogP contribution in [-0.4, -0.2) is 20.9 Å². The van der Waals surface area contributed by atoms with Gasteiger partial charge in [0.25, 0.3) is 0 Å². The summed E-state index contributed by atoms with van der Waals surface area (Å²) in [7, 11) is 0. The maximum Gasteiger partial charge on any atom is 0.213 e. The van der Waals surface area contributed by atoms with Crippen molar-refractivity contribution in [3.05, 3.63) is 40.0 Å². The number of aromatic nitrogens is 3. The van der Waals surface area contributed by atoms with Gasteiger partial charge in [0.15, 0.2) is 6.29 Å². The molecular formula is C17H16ClN3OS. The second kappa shape index (κ2) is 6.06. The summed E-state index contributed by atoms with van der Waals surface area (Å²) < 4.78 is 1.70. The lowest BCUT2D eigenvalue weighted by molar-refractivity contribution is 0.111. The molecule has 1 aromatic carbocycles. The standard InChI is InChI=1S/C17H16ClN3OS/c18-13-8-6-11(7-9-13)15-14(10-22)21-17(19-15)23-16(20-21)12-4-2-1-3-5-12/h6-10,12H,1-5H2. The molecule has 23 heavy (non-hydrogen) atoms. The molecule has 0 amide bonds. The first-order chi connectivity index (χ1) is 11.3. The molecule has 0 unspecified atom stereocenters. The summed E-state index contributed by atoms with van der Waals surface area (Å²) in [4.78, 5) is 17.0. The van der Waals surface area contributed by atoms with Gasteiger partial charge >= 0.3 is 0 Å². The molecule has 1 aliphatic carbocycles. The van der Waals surface area contributed by atoms with E-state index in [1.807, 2.05) is 12.1 Å². The Bertz CT molecular complexity index is 847. The average Bonchev–Trinajstić information content (AvgIpc) is 3.14. The lowest BCUT2D eigenvalue weighted by Crippen LogP contribution is -2.05. The zero-order chi connectivity index (χ0) is 15.8. The normalized spacial score (nSPS) is 16.0. The largest absolute Gasteiger partial charge is 0.296 e. The summed E-state index contributed by atoms with van der Waals surface area (Å²) in [5.41, 5.74) is 2.07. The molecule has 2 aromatic heterocycles. The Morgan fingerprint density at radius 3 is 2.61 bits per heavy atom. The molecule has 1 saturated carbocycles. The third kappa shape index (κ3) is 2.68. The van der Waals surface area contributed by atoms with Crippen molar-refractivity contribution in [3.63, 3.8) is 0 Å². The number of hydrogen-bond acceptors (Lipinski definition) is 4. The van der Waals surface area contributed by atoms with Gasteiger partial charge in [0.05, 0.1) is 0 Å². The smallest absolute Gasteiger partial charge is 0.213 e. The SMILES string of the molecule is O=Cc1c(-c2ccc(Cl)cc2)nc2sc(C3CCCCC3)nn12. The van der Waals surface area contributed by atoms with Crippen molar-refractivity contribution in [1.82, 2.24) is 14.6 Å². The third-order valence-electron chi connectivity index (χ3n) is 4.44. The van der Waals surface area contributed by atoms with E-state index in [4.69, 9.17) is 11.6 Å². The average molecular weight is 346 g/mol. The predicted octanol–water partition coefficient (Wildman–Crippen LogP) is 4.97. The van der Waals surface area contributed by atoms with E-state index in [1.54, 1.807) is 28.0 Å². The zero-order valence-electron chi connectivity index (χ0n) is 12.5. The number of nitrogens with zero attached hydrogens (tertiary/aromatic N) is 3. The van der Waals surface area contributed by atoms with E-state index < -0.39 is 0 Å². The molecule has 118 valence electrons. The van der Waals surface area contributed by atoms with Crippen molar-refractivity contribution >= 4 is 34.2 Å². The number of benzene rings is 1. The Balaban J connectivity index is 1.77. The number of rotatable bonds is 3. The predicted molar refractivity (Wildman–Crippen MR) is 92.5 cm³/mol. The second-order valence-electron chi connectivity index (χ2n) is 5.94. The zero-order valence-corrected chi connectivity index (χ0v) is 14.1. The van der Waals surface area contributed by atoms with Gasteiger partial charge in [-0.3, -0.25) is 4.79 Å². The Morgan fingerprint density at radius 1 is 1.17 bits per heavy atom. The summed E-state index contributed by atoms with van der Waals surface area (Å²) in [5.74, 6) is 0.522. The van der Waals surface area contributed by atoms with Gasteiger partial charge in [0.1, 0.15) is 16.4 Å². The van der Waals surface area contributed by atoms with Crippen LogP contribution in [0.5, 0.6) is 0 Å². The van der Waals surface area contributed by atoms with Gasteiger partial charge in [-0.2, -0.15) is 9.61 Å². The molecule has 0 atom stereocenters. The summed E-state index contributed by atoms with van der Waals surface area (Å²) in [6, 6.07) is 7.37. The highest BCUT2D eigenvalue weighted by Crippen LogP contribution is 2.36. The molecule has 3 aromatic rings. The number of carbonyl (C=O) groups excluding carboxylic acids is 1. The Kier molecular flexibility index (Phi) is 3.91. The van der Waals surface area contributed by atoms with Gasteiger partial charge in [-0.05, 0) is 25.0 Å². The van der Waals surface area contributed by atoms with Crippen LogP contribution in [0.2, 0.25) is 5.02 Å². The van der Waals surface area contributed by atoms with Crippen LogP contribution < -0.4 is 0 Å². The van der Waals surface area contributed by atoms with E-state index in [1.165, 1.54) is 32.1 Å². The summed E-state index contributed by atoms with van der Waals surface area (Å²) in [5, 5.41) is 6.46. The fourth-order valence-corrected chi connectivity index (χ4v) is 4.42. The van der Waals surface area contributed by atoms with Gasteiger partial charge in [0, 0.05) is 16.5 Å². The highest BCUT2D eigenvalue weighted by atomic mass is 35.5. The lowest BCUT2D eigenvalue weighted by Gasteiger charge is -2.18. The van der Waals surface area contributed by atoms with Crippen LogP contribution in [0.1, 0.15) is 53.5 Å². The molecule has 4 rings (SSSR count). The topological polar surface area (TPSA) is 47.3 Å². The Labute approximate surface area is 143 Å². The van der Waals surface area contributed by atoms with Crippen LogP contribution in [0.15, 0.2) is 24.3 Å². The second-order valence-corrected chi connectivity index (χ2v) is 7.36. The molecule has 0 radical (unpaired) electrons. The van der Waals surface area contributed by atoms with Crippen LogP contribution in [0.4, 0.5) is 0 Å². The molecule has 0 saturated heterocycles. The van der Waals surface area contributed by atoms with Crippen LogP contribution in [0.25, 0.3) is 16.2 Å². The molecule has 0 spiro atoms. The molecule has 0 bridgehead atoms. The van der Waals surface area contributed by atoms with E-state index in [0.29, 0.717) is 22.3 Å². The highest BCUT2D eigenvalue weighted by molar-refractivity contribution is 7.16. The van der Waals surface area contributed by atoms with Gasteiger partial charge < -0.3 is 0 Å². The van der Waals surface area contributed by atoms with Crippen molar-refractivity contribution < 1.29 is 4.79 Å². The Hall–Kier alpha value is -1.72. The summed E-state index contributed by atoms with van der Waals surface area (Å²) in [6.45, 7) is 0. The maximum atomic E-state index is 11.6. The van der Waals surface area contributed by atoms with Gasteiger partial charge in [-0.25, -0.2) is 4.98 Å². The monoisotopic (exact) mass is 345 g/mol. The summed E-state index contributed by atoms with van der Waals surface area (Å²) >= 11 is 7.54. The number of halogens is 1. The minimum atomic E-state index is 0.514. The van der Waals surface area contributed by atoms with Crippen LogP contribution >= 0.6 is 22.9 Å². The van der Waals surface area contributed by atoms with Crippen LogP contribution in [0, 0.1) is 0 Å². The molecule has 1 fully saturated rings. The van der Waals surface area contributed by atoms with Crippen molar-refractivity contribution in [3.8, 4) is 11.3 Å². The fourth-order valence-electron chi connectivity index (χ4n) is 3.22. The number of fused-ring (bicyclic) bond motifs is 1. The quantitative estimate of drug-likeness (QED) is 0.629. The first-order valence-electron chi connectivity index (χ1n) is 7.87. The maximum absolute atomic E-state index is 11.6. The molecule has 4 nitrogen and oxygen atoms in total. The van der Waals surface area contributed by atoms with Crippen molar-refractivity contribution in [2.24, 2.45) is 0 Å². The molecule has 0 aliphatic heterocycles. The number of carbonyl (C=O) groups is 1.